The maximum Gasteiger partial charge on any atom is 0.494 e. The summed E-state index contributed by atoms with van der Waals surface area (Å²) in [6, 6.07) is 8.20. The van der Waals surface area contributed by atoms with Gasteiger partial charge in [0.25, 0.3) is 0 Å². The van der Waals surface area contributed by atoms with Gasteiger partial charge in [-0.15, -0.1) is 0 Å². The molecule has 0 aromatic heterocycles. The Kier molecular flexibility index (Phi) is 6.12. The molecule has 0 bridgehead atoms. The predicted octanol–water partition coefficient (Wildman–Crippen LogP) is 3.96. The molecule has 1 aromatic rings. The van der Waals surface area contributed by atoms with E-state index in [0.29, 0.717) is 13.1 Å². The first-order chi connectivity index (χ1) is 15.6. The van der Waals surface area contributed by atoms with Gasteiger partial charge in [-0.3, -0.25) is 4.79 Å². The minimum Gasteiger partial charge on any atom is -0.403 e. The van der Waals surface area contributed by atoms with E-state index in [1.807, 2.05) is 30.9 Å². The zero-order valence-corrected chi connectivity index (χ0v) is 22.7. The summed E-state index contributed by atoms with van der Waals surface area (Å²) >= 11 is 0. The summed E-state index contributed by atoms with van der Waals surface area (Å²) in [7, 11) is -0.834. The summed E-state index contributed by atoms with van der Waals surface area (Å²) in [5.41, 5.74) is -0.314. The minimum absolute atomic E-state index is 0.0238. The van der Waals surface area contributed by atoms with Crippen LogP contribution < -0.4 is 5.46 Å². The summed E-state index contributed by atoms with van der Waals surface area (Å²) in [6.45, 7) is 21.9. The van der Waals surface area contributed by atoms with Crippen molar-refractivity contribution in [1.29, 1.82) is 0 Å². The highest BCUT2D eigenvalue weighted by Crippen LogP contribution is 2.64. The third-order valence-corrected chi connectivity index (χ3v) is 9.00. The van der Waals surface area contributed by atoms with Crippen LogP contribution in [0.5, 0.6) is 0 Å². The molecule has 0 N–H and O–H groups in total. The molecule has 0 unspecified atom stereocenters. The SMILES string of the molecule is CCN(CC)C(=O)[C@@]1(c2ccc(B3OC(C)(C)C(C)(C)O3)cc2)C[C@H]1B1OC(C)(C)C(C)(C)O1. The monoisotopic (exact) mass is 469 g/mol. The van der Waals surface area contributed by atoms with Gasteiger partial charge in [0.2, 0.25) is 5.91 Å². The van der Waals surface area contributed by atoms with E-state index in [9.17, 15) is 4.79 Å². The molecule has 4 rings (SSSR count). The first-order valence-electron chi connectivity index (χ1n) is 12.7. The van der Waals surface area contributed by atoms with Gasteiger partial charge in [0, 0.05) is 18.9 Å². The Morgan fingerprint density at radius 3 is 1.71 bits per heavy atom. The van der Waals surface area contributed by atoms with Crippen molar-refractivity contribution in [1.82, 2.24) is 4.90 Å². The molecule has 3 fully saturated rings. The summed E-state index contributed by atoms with van der Waals surface area (Å²) in [6.07, 6.45) is 0.717. The number of carbonyl (C=O) groups excluding carboxylic acids is 1. The maximum absolute atomic E-state index is 13.9. The highest BCUT2D eigenvalue weighted by atomic mass is 16.7. The lowest BCUT2D eigenvalue weighted by molar-refractivity contribution is -0.133. The number of rotatable bonds is 6. The van der Waals surface area contributed by atoms with Gasteiger partial charge >= 0.3 is 14.2 Å². The second-order valence-corrected chi connectivity index (χ2v) is 12.1. The zero-order chi connectivity index (χ0) is 25.3. The molecule has 0 spiro atoms. The summed E-state index contributed by atoms with van der Waals surface area (Å²) in [4.78, 5) is 15.8. The summed E-state index contributed by atoms with van der Waals surface area (Å²) in [5.74, 6) is 0.130. The highest BCUT2D eigenvalue weighted by Gasteiger charge is 2.71. The van der Waals surface area contributed by atoms with Crippen LogP contribution in [0.4, 0.5) is 0 Å². The molecule has 2 atom stereocenters. The quantitative estimate of drug-likeness (QED) is 0.591. The normalized spacial score (nSPS) is 30.5. The van der Waals surface area contributed by atoms with Crippen LogP contribution in [0.2, 0.25) is 5.82 Å². The average molecular weight is 469 g/mol. The van der Waals surface area contributed by atoms with Crippen molar-refractivity contribution in [2.75, 3.05) is 13.1 Å². The number of benzene rings is 1. The van der Waals surface area contributed by atoms with Gasteiger partial charge in [-0.05, 0) is 86.7 Å². The standard InChI is InChI=1S/C26H41B2NO5/c1-11-29(12-2)21(30)26(17-20(26)28-33-24(7,8)25(9,10)34-28)18-13-15-19(16-14-18)27-31-22(3,4)23(5,6)32-27/h13-16,20H,11-12,17H2,1-10H3/t20-,26-/m1/s1. The van der Waals surface area contributed by atoms with Crippen molar-refractivity contribution in [2.24, 2.45) is 0 Å². The first kappa shape index (κ1) is 25.7. The summed E-state index contributed by atoms with van der Waals surface area (Å²) in [5, 5.41) is 0. The lowest BCUT2D eigenvalue weighted by Crippen LogP contribution is -2.41. The van der Waals surface area contributed by atoms with Gasteiger partial charge in [-0.1, -0.05) is 24.3 Å². The molecule has 2 aliphatic heterocycles. The number of amides is 1. The van der Waals surface area contributed by atoms with Crippen LogP contribution in [0, 0.1) is 0 Å². The fraction of sp³-hybridized carbons (Fsp3) is 0.731. The highest BCUT2D eigenvalue weighted by molar-refractivity contribution is 6.62. The Morgan fingerprint density at radius 2 is 1.26 bits per heavy atom. The fourth-order valence-corrected chi connectivity index (χ4v) is 5.08. The van der Waals surface area contributed by atoms with Crippen LogP contribution >= 0.6 is 0 Å². The van der Waals surface area contributed by atoms with E-state index in [2.05, 4.69) is 67.5 Å². The van der Waals surface area contributed by atoms with Crippen LogP contribution in [-0.4, -0.2) is 60.5 Å². The van der Waals surface area contributed by atoms with Crippen LogP contribution in [0.1, 0.15) is 81.2 Å². The van der Waals surface area contributed by atoms with Crippen molar-refractivity contribution in [3.63, 3.8) is 0 Å². The molecule has 8 heteroatoms. The molecule has 3 aliphatic rings. The second-order valence-electron chi connectivity index (χ2n) is 12.1. The minimum atomic E-state index is -0.637. The topological polar surface area (TPSA) is 57.2 Å². The molecule has 2 saturated heterocycles. The number of hydrogen-bond donors (Lipinski definition) is 0. The molecular weight excluding hydrogens is 428 g/mol. The van der Waals surface area contributed by atoms with E-state index >= 15 is 0 Å². The van der Waals surface area contributed by atoms with E-state index in [1.54, 1.807) is 0 Å². The van der Waals surface area contributed by atoms with Gasteiger partial charge in [0.1, 0.15) is 0 Å². The fourth-order valence-electron chi connectivity index (χ4n) is 5.08. The van der Waals surface area contributed by atoms with Crippen molar-refractivity contribution >= 4 is 25.6 Å². The molecular formula is C26H41B2NO5. The molecule has 6 nitrogen and oxygen atoms in total. The van der Waals surface area contributed by atoms with Gasteiger partial charge in [0.15, 0.2) is 0 Å². The van der Waals surface area contributed by atoms with Crippen molar-refractivity contribution < 1.29 is 23.4 Å². The second kappa shape index (κ2) is 8.09. The van der Waals surface area contributed by atoms with Crippen LogP contribution in [0.15, 0.2) is 24.3 Å². The Hall–Kier alpha value is -1.34. The van der Waals surface area contributed by atoms with E-state index in [1.165, 1.54) is 0 Å². The number of nitrogens with zero attached hydrogens (tertiary/aromatic N) is 1. The van der Waals surface area contributed by atoms with Crippen molar-refractivity contribution in [3.8, 4) is 0 Å². The van der Waals surface area contributed by atoms with E-state index in [4.69, 9.17) is 18.6 Å². The Balaban J connectivity index is 1.64. The molecule has 1 aliphatic carbocycles. The molecule has 2 heterocycles. The molecule has 1 amide bonds. The molecule has 1 saturated carbocycles. The third kappa shape index (κ3) is 3.85. The Bertz CT molecular complexity index is 909. The van der Waals surface area contributed by atoms with Crippen LogP contribution in [-0.2, 0) is 28.8 Å². The average Bonchev–Trinajstić information content (AvgIpc) is 3.39. The molecule has 34 heavy (non-hydrogen) atoms. The van der Waals surface area contributed by atoms with Crippen LogP contribution in [0.25, 0.3) is 0 Å². The largest absolute Gasteiger partial charge is 0.494 e. The lowest BCUT2D eigenvalue weighted by Gasteiger charge is -2.32. The van der Waals surface area contributed by atoms with Gasteiger partial charge in [-0.2, -0.15) is 0 Å². The van der Waals surface area contributed by atoms with Crippen molar-refractivity contribution in [3.05, 3.63) is 29.8 Å². The zero-order valence-electron chi connectivity index (χ0n) is 22.7. The molecule has 186 valence electrons. The predicted molar refractivity (Wildman–Crippen MR) is 136 cm³/mol. The van der Waals surface area contributed by atoms with Gasteiger partial charge in [-0.25, -0.2) is 0 Å². The Morgan fingerprint density at radius 1 is 0.824 bits per heavy atom. The lowest BCUT2D eigenvalue weighted by atomic mass is 9.72. The Labute approximate surface area is 206 Å². The van der Waals surface area contributed by atoms with E-state index in [-0.39, 0.29) is 11.7 Å². The number of carbonyl (C=O) groups is 1. The van der Waals surface area contributed by atoms with Gasteiger partial charge < -0.3 is 23.5 Å². The number of hydrogen-bond acceptors (Lipinski definition) is 5. The van der Waals surface area contributed by atoms with Gasteiger partial charge in [0.05, 0.1) is 27.8 Å². The van der Waals surface area contributed by atoms with Crippen LogP contribution in [0.3, 0.4) is 0 Å². The molecule has 1 aromatic carbocycles. The first-order valence-corrected chi connectivity index (χ1v) is 12.7. The van der Waals surface area contributed by atoms with E-state index < -0.39 is 42.1 Å². The summed E-state index contributed by atoms with van der Waals surface area (Å²) < 4.78 is 25.2. The smallest absolute Gasteiger partial charge is 0.403 e. The maximum atomic E-state index is 13.9. The van der Waals surface area contributed by atoms with Crippen molar-refractivity contribution in [2.45, 2.75) is 109 Å². The molecule has 0 radical (unpaired) electrons. The van der Waals surface area contributed by atoms with E-state index in [0.717, 1.165) is 17.4 Å². The third-order valence-electron chi connectivity index (χ3n) is 9.00. The number of likely N-dealkylation sites (N-methyl/N-ethyl adjacent to an activating group) is 1.